The number of para-hydroxylation sites is 1. The van der Waals surface area contributed by atoms with Gasteiger partial charge in [-0.2, -0.15) is 0 Å². The first-order valence-electron chi connectivity index (χ1n) is 10.9. The van der Waals surface area contributed by atoms with Crippen molar-refractivity contribution in [1.82, 2.24) is 4.90 Å². The van der Waals surface area contributed by atoms with Crippen molar-refractivity contribution in [3.8, 4) is 11.5 Å². The highest BCUT2D eigenvalue weighted by Crippen LogP contribution is 2.38. The van der Waals surface area contributed by atoms with Gasteiger partial charge in [-0.25, -0.2) is 4.79 Å². The molecule has 4 rings (SSSR count). The lowest BCUT2D eigenvalue weighted by molar-refractivity contribution is -0.121. The number of ether oxygens (including phenoxy) is 2. The van der Waals surface area contributed by atoms with E-state index in [1.165, 1.54) is 0 Å². The number of anilines is 2. The number of hydrogen-bond donors (Lipinski definition) is 2. The molecule has 0 saturated carbocycles. The Balaban J connectivity index is 1.42. The molecular formula is C24H29N3O4. The van der Waals surface area contributed by atoms with E-state index in [4.69, 9.17) is 9.47 Å². The minimum atomic E-state index is -0.280. The number of piperidine rings is 1. The number of nitrogens with one attached hydrogen (secondary N) is 2. The van der Waals surface area contributed by atoms with E-state index in [0.29, 0.717) is 31.1 Å². The minimum absolute atomic E-state index is 0.107. The first-order valence-corrected chi connectivity index (χ1v) is 10.9. The molecule has 0 radical (unpaired) electrons. The van der Waals surface area contributed by atoms with E-state index in [0.717, 1.165) is 36.3 Å². The summed E-state index contributed by atoms with van der Waals surface area (Å²) in [5.41, 5.74) is 2.45. The Morgan fingerprint density at radius 3 is 2.77 bits per heavy atom. The molecule has 1 saturated heterocycles. The molecule has 2 aliphatic heterocycles. The van der Waals surface area contributed by atoms with Gasteiger partial charge < -0.3 is 25.0 Å². The van der Waals surface area contributed by atoms with Crippen LogP contribution < -0.4 is 20.1 Å². The van der Waals surface area contributed by atoms with Gasteiger partial charge in [0.15, 0.2) is 0 Å². The first-order chi connectivity index (χ1) is 15.0. The maximum atomic E-state index is 13.0. The van der Waals surface area contributed by atoms with Gasteiger partial charge in [-0.1, -0.05) is 18.2 Å². The molecule has 0 unspecified atom stereocenters. The van der Waals surface area contributed by atoms with Crippen LogP contribution in [0.4, 0.5) is 16.2 Å². The third-order valence-electron chi connectivity index (χ3n) is 5.66. The number of amides is 3. The summed E-state index contributed by atoms with van der Waals surface area (Å²) >= 11 is 0. The van der Waals surface area contributed by atoms with Crippen molar-refractivity contribution < 1.29 is 19.1 Å². The molecule has 2 aliphatic rings. The molecular weight excluding hydrogens is 394 g/mol. The maximum absolute atomic E-state index is 13.0. The molecule has 2 N–H and O–H groups in total. The number of carbonyl (C=O) groups excluding carboxylic acids is 2. The summed E-state index contributed by atoms with van der Waals surface area (Å²) in [5.74, 6) is 1.06. The Bertz CT molecular complexity index is 947. The van der Waals surface area contributed by atoms with Gasteiger partial charge in [0.1, 0.15) is 17.6 Å². The quantitative estimate of drug-likeness (QED) is 0.752. The fourth-order valence-electron chi connectivity index (χ4n) is 4.15. The average molecular weight is 424 g/mol. The topological polar surface area (TPSA) is 79.9 Å². The Labute approximate surface area is 182 Å². The molecule has 1 fully saturated rings. The molecule has 2 heterocycles. The molecule has 7 nitrogen and oxygen atoms in total. The highest BCUT2D eigenvalue weighted by molar-refractivity contribution is 5.95. The summed E-state index contributed by atoms with van der Waals surface area (Å²) in [6.45, 7) is 5.47. The van der Waals surface area contributed by atoms with E-state index >= 15 is 0 Å². The summed E-state index contributed by atoms with van der Waals surface area (Å²) in [4.78, 5) is 27.4. The van der Waals surface area contributed by atoms with Gasteiger partial charge in [0.2, 0.25) is 5.91 Å². The number of fused-ring (bicyclic) bond motifs is 1. The van der Waals surface area contributed by atoms with Crippen LogP contribution in [-0.2, 0) is 11.2 Å². The number of rotatable bonds is 5. The third-order valence-corrected chi connectivity index (χ3v) is 5.66. The molecule has 31 heavy (non-hydrogen) atoms. The number of urea groups is 1. The van der Waals surface area contributed by atoms with E-state index in [1.807, 2.05) is 56.3 Å². The molecule has 3 amide bonds. The molecule has 2 atom stereocenters. The lowest BCUT2D eigenvalue weighted by atomic mass is 9.97. The number of nitrogens with zero attached hydrogens (tertiary/aromatic N) is 1. The van der Waals surface area contributed by atoms with Crippen molar-refractivity contribution in [1.29, 1.82) is 0 Å². The van der Waals surface area contributed by atoms with Crippen molar-refractivity contribution in [3.63, 3.8) is 0 Å². The SMILES string of the molecule is CCOc1cc2c(cc1NC(=O)[C@@H]1CCCN(C(=O)Nc3ccccc3)C1)O[C@@H](C)C2. The van der Waals surface area contributed by atoms with Crippen LogP contribution in [0.2, 0.25) is 0 Å². The van der Waals surface area contributed by atoms with Crippen LogP contribution in [0.25, 0.3) is 0 Å². The fourth-order valence-corrected chi connectivity index (χ4v) is 4.15. The van der Waals surface area contributed by atoms with Crippen molar-refractivity contribution in [2.75, 3.05) is 30.3 Å². The van der Waals surface area contributed by atoms with Crippen LogP contribution in [-0.4, -0.2) is 42.6 Å². The van der Waals surface area contributed by atoms with E-state index in [1.54, 1.807) is 4.90 Å². The number of carbonyl (C=O) groups is 2. The molecule has 2 aromatic carbocycles. The Hall–Kier alpha value is -3.22. The summed E-state index contributed by atoms with van der Waals surface area (Å²) < 4.78 is 11.6. The standard InChI is InChI=1S/C24H29N3O4/c1-3-30-22-13-18-12-16(2)31-21(18)14-20(22)26-23(28)17-8-7-11-27(15-17)24(29)25-19-9-5-4-6-10-19/h4-6,9-10,13-14,16-17H,3,7-8,11-12,15H2,1-2H3,(H,25,29)(H,26,28)/t16-,17+/m0/s1. The predicted molar refractivity (Wildman–Crippen MR) is 120 cm³/mol. The molecule has 7 heteroatoms. The maximum Gasteiger partial charge on any atom is 0.321 e. The molecule has 0 aliphatic carbocycles. The fraction of sp³-hybridized carbons (Fsp3) is 0.417. The molecule has 0 spiro atoms. The third kappa shape index (κ3) is 4.93. The average Bonchev–Trinajstić information content (AvgIpc) is 3.13. The first kappa shape index (κ1) is 21.0. The lowest BCUT2D eigenvalue weighted by Crippen LogP contribution is -2.45. The van der Waals surface area contributed by atoms with Crippen LogP contribution >= 0.6 is 0 Å². The number of benzene rings is 2. The number of likely N-dealkylation sites (tertiary alicyclic amines) is 1. The highest BCUT2D eigenvalue weighted by atomic mass is 16.5. The van der Waals surface area contributed by atoms with Crippen molar-refractivity contribution >= 4 is 23.3 Å². The Morgan fingerprint density at radius 1 is 1.19 bits per heavy atom. The number of hydrogen-bond acceptors (Lipinski definition) is 4. The highest BCUT2D eigenvalue weighted by Gasteiger charge is 2.30. The van der Waals surface area contributed by atoms with E-state index in [-0.39, 0.29) is 24.0 Å². The van der Waals surface area contributed by atoms with Crippen LogP contribution in [0.15, 0.2) is 42.5 Å². The second-order valence-electron chi connectivity index (χ2n) is 8.09. The summed E-state index contributed by atoms with van der Waals surface area (Å²) in [5, 5.41) is 5.91. The lowest BCUT2D eigenvalue weighted by Gasteiger charge is -2.32. The van der Waals surface area contributed by atoms with Gasteiger partial charge in [-0.3, -0.25) is 4.79 Å². The monoisotopic (exact) mass is 423 g/mol. The van der Waals surface area contributed by atoms with Crippen LogP contribution in [0, 0.1) is 5.92 Å². The van der Waals surface area contributed by atoms with Gasteiger partial charge >= 0.3 is 6.03 Å². The van der Waals surface area contributed by atoms with E-state index in [9.17, 15) is 9.59 Å². The summed E-state index contributed by atoms with van der Waals surface area (Å²) in [6.07, 6.45) is 2.47. The Morgan fingerprint density at radius 2 is 2.00 bits per heavy atom. The smallest absolute Gasteiger partial charge is 0.321 e. The zero-order valence-corrected chi connectivity index (χ0v) is 18.0. The van der Waals surface area contributed by atoms with Crippen LogP contribution in [0.3, 0.4) is 0 Å². The molecule has 164 valence electrons. The van der Waals surface area contributed by atoms with Crippen molar-refractivity contribution in [3.05, 3.63) is 48.0 Å². The second kappa shape index (κ2) is 9.29. The van der Waals surface area contributed by atoms with Crippen LogP contribution in [0.1, 0.15) is 32.3 Å². The zero-order valence-electron chi connectivity index (χ0n) is 18.0. The molecule has 2 aromatic rings. The molecule has 0 bridgehead atoms. The summed E-state index contributed by atoms with van der Waals surface area (Å²) in [7, 11) is 0. The minimum Gasteiger partial charge on any atom is -0.492 e. The van der Waals surface area contributed by atoms with Crippen LogP contribution in [0.5, 0.6) is 11.5 Å². The van der Waals surface area contributed by atoms with Gasteiger partial charge in [0.25, 0.3) is 0 Å². The van der Waals surface area contributed by atoms with Gasteiger partial charge in [-0.15, -0.1) is 0 Å². The van der Waals surface area contributed by atoms with Gasteiger partial charge in [0, 0.05) is 36.8 Å². The van der Waals surface area contributed by atoms with Gasteiger partial charge in [-0.05, 0) is 44.9 Å². The Kier molecular flexibility index (Phi) is 6.30. The van der Waals surface area contributed by atoms with E-state index < -0.39 is 0 Å². The van der Waals surface area contributed by atoms with Crippen molar-refractivity contribution in [2.45, 2.75) is 39.2 Å². The normalized spacial score (nSPS) is 19.9. The van der Waals surface area contributed by atoms with Gasteiger partial charge in [0.05, 0.1) is 18.2 Å². The second-order valence-corrected chi connectivity index (χ2v) is 8.09. The van der Waals surface area contributed by atoms with Crippen molar-refractivity contribution in [2.24, 2.45) is 5.92 Å². The predicted octanol–water partition coefficient (Wildman–Crippen LogP) is 4.29. The largest absolute Gasteiger partial charge is 0.492 e. The molecule has 0 aromatic heterocycles. The summed E-state index contributed by atoms with van der Waals surface area (Å²) in [6, 6.07) is 13.0. The van der Waals surface area contributed by atoms with E-state index in [2.05, 4.69) is 10.6 Å². The zero-order chi connectivity index (χ0) is 21.8.